The number of benzene rings is 1. The van der Waals surface area contributed by atoms with Crippen LogP contribution in [0.25, 0.3) is 0 Å². The highest BCUT2D eigenvalue weighted by Gasteiger charge is 2.30. The van der Waals surface area contributed by atoms with E-state index in [-0.39, 0.29) is 23.6 Å². The molecule has 1 amide bonds. The Kier molecular flexibility index (Phi) is 8.54. The quantitative estimate of drug-likeness (QED) is 0.664. The Labute approximate surface area is 168 Å². The summed E-state index contributed by atoms with van der Waals surface area (Å²) in [4.78, 5) is 15.0. The second-order valence-electron chi connectivity index (χ2n) is 7.18. The van der Waals surface area contributed by atoms with E-state index in [4.69, 9.17) is 0 Å². The van der Waals surface area contributed by atoms with E-state index < -0.39 is 9.84 Å². The maximum absolute atomic E-state index is 12.6. The highest BCUT2D eigenvalue weighted by atomic mass is 35.5. The number of carbonyl (C=O) groups excluding carboxylic acids is 1. The highest BCUT2D eigenvalue weighted by molar-refractivity contribution is 7.92. The summed E-state index contributed by atoms with van der Waals surface area (Å²) < 4.78 is 25.1. The first-order chi connectivity index (χ1) is 12.6. The molecule has 8 heteroatoms. The van der Waals surface area contributed by atoms with Crippen molar-refractivity contribution >= 4 is 28.2 Å². The Morgan fingerprint density at radius 3 is 2.37 bits per heavy atom. The third-order valence-corrected chi connectivity index (χ3v) is 7.61. The molecule has 3 rings (SSSR count). The maximum atomic E-state index is 12.6. The van der Waals surface area contributed by atoms with Gasteiger partial charge in [0.15, 0.2) is 9.84 Å². The molecule has 1 aromatic rings. The molecule has 1 aliphatic carbocycles. The SMILES string of the molecule is Cl.O=C(NCCCN1CCNCC1)c1ccc(S(=O)(=O)C2CCCC2)cc1. The van der Waals surface area contributed by atoms with Gasteiger partial charge >= 0.3 is 0 Å². The average Bonchev–Trinajstić information content (AvgIpc) is 3.22. The Balaban J connectivity index is 0.00000261. The number of piperazine rings is 1. The fourth-order valence-corrected chi connectivity index (χ4v) is 5.58. The molecular weight excluding hydrogens is 386 g/mol. The fraction of sp³-hybridized carbons (Fsp3) is 0.632. The summed E-state index contributed by atoms with van der Waals surface area (Å²) in [5, 5.41) is 5.99. The van der Waals surface area contributed by atoms with E-state index in [0.29, 0.717) is 17.0 Å². The number of nitrogens with one attached hydrogen (secondary N) is 2. The van der Waals surface area contributed by atoms with Crippen LogP contribution in [0, 0.1) is 0 Å². The Morgan fingerprint density at radius 2 is 1.74 bits per heavy atom. The number of hydrogen-bond donors (Lipinski definition) is 2. The van der Waals surface area contributed by atoms with E-state index in [1.807, 2.05) is 0 Å². The van der Waals surface area contributed by atoms with Crippen LogP contribution in [-0.2, 0) is 9.84 Å². The molecule has 1 aliphatic heterocycles. The van der Waals surface area contributed by atoms with Crippen molar-refractivity contribution in [3.63, 3.8) is 0 Å². The van der Waals surface area contributed by atoms with E-state index in [9.17, 15) is 13.2 Å². The minimum atomic E-state index is -3.26. The molecule has 27 heavy (non-hydrogen) atoms. The van der Waals surface area contributed by atoms with Crippen molar-refractivity contribution in [1.29, 1.82) is 0 Å². The zero-order valence-electron chi connectivity index (χ0n) is 15.7. The lowest BCUT2D eigenvalue weighted by Crippen LogP contribution is -2.44. The molecule has 1 heterocycles. The lowest BCUT2D eigenvalue weighted by Gasteiger charge is -2.27. The van der Waals surface area contributed by atoms with Gasteiger partial charge in [0.1, 0.15) is 0 Å². The van der Waals surface area contributed by atoms with Crippen molar-refractivity contribution in [3.05, 3.63) is 29.8 Å². The van der Waals surface area contributed by atoms with Crippen LogP contribution in [0.3, 0.4) is 0 Å². The van der Waals surface area contributed by atoms with Crippen LogP contribution in [0.15, 0.2) is 29.2 Å². The van der Waals surface area contributed by atoms with Gasteiger partial charge in [-0.25, -0.2) is 8.42 Å². The molecule has 2 aliphatic rings. The van der Waals surface area contributed by atoms with Gasteiger partial charge in [0.25, 0.3) is 5.91 Å². The number of amides is 1. The zero-order chi connectivity index (χ0) is 18.4. The van der Waals surface area contributed by atoms with Crippen molar-refractivity contribution in [3.8, 4) is 0 Å². The summed E-state index contributed by atoms with van der Waals surface area (Å²) in [5.41, 5.74) is 0.512. The number of halogens is 1. The van der Waals surface area contributed by atoms with Gasteiger partial charge in [-0.3, -0.25) is 4.79 Å². The summed E-state index contributed by atoms with van der Waals surface area (Å²) >= 11 is 0. The second kappa shape index (κ2) is 10.4. The van der Waals surface area contributed by atoms with Gasteiger partial charge in [-0.1, -0.05) is 12.8 Å². The third kappa shape index (κ3) is 5.91. The molecule has 0 unspecified atom stereocenters. The summed E-state index contributed by atoms with van der Waals surface area (Å²) in [7, 11) is -3.26. The molecule has 0 bridgehead atoms. The molecule has 1 aromatic carbocycles. The molecule has 2 fully saturated rings. The predicted octanol–water partition coefficient (Wildman–Crippen LogP) is 1.85. The van der Waals surface area contributed by atoms with E-state index >= 15 is 0 Å². The van der Waals surface area contributed by atoms with Gasteiger partial charge in [0.05, 0.1) is 10.1 Å². The predicted molar refractivity (Wildman–Crippen MR) is 109 cm³/mol. The molecule has 0 atom stereocenters. The number of rotatable bonds is 7. The normalized spacial score (nSPS) is 18.8. The van der Waals surface area contributed by atoms with Crippen molar-refractivity contribution in [1.82, 2.24) is 15.5 Å². The van der Waals surface area contributed by atoms with E-state index in [0.717, 1.165) is 64.8 Å². The molecule has 6 nitrogen and oxygen atoms in total. The van der Waals surface area contributed by atoms with Crippen LogP contribution in [0.2, 0.25) is 0 Å². The minimum Gasteiger partial charge on any atom is -0.352 e. The Bertz CT molecular complexity index is 697. The van der Waals surface area contributed by atoms with Crippen LogP contribution in [0.4, 0.5) is 0 Å². The molecule has 0 aromatic heterocycles. The van der Waals surface area contributed by atoms with Gasteiger partial charge in [-0.05, 0) is 50.1 Å². The van der Waals surface area contributed by atoms with Crippen molar-refractivity contribution in [2.75, 3.05) is 39.3 Å². The molecule has 1 saturated carbocycles. The number of nitrogens with zero attached hydrogens (tertiary/aromatic N) is 1. The second-order valence-corrected chi connectivity index (χ2v) is 9.41. The van der Waals surface area contributed by atoms with E-state index in [2.05, 4.69) is 15.5 Å². The van der Waals surface area contributed by atoms with Crippen LogP contribution in [-0.4, -0.2) is 63.7 Å². The maximum Gasteiger partial charge on any atom is 0.251 e. The van der Waals surface area contributed by atoms with Crippen molar-refractivity contribution < 1.29 is 13.2 Å². The van der Waals surface area contributed by atoms with Crippen LogP contribution in [0.1, 0.15) is 42.5 Å². The van der Waals surface area contributed by atoms with Crippen molar-refractivity contribution in [2.45, 2.75) is 42.2 Å². The summed E-state index contributed by atoms with van der Waals surface area (Å²) in [6.07, 6.45) is 4.38. The van der Waals surface area contributed by atoms with Crippen molar-refractivity contribution in [2.24, 2.45) is 0 Å². The summed E-state index contributed by atoms with van der Waals surface area (Å²) in [5.74, 6) is -0.143. The third-order valence-electron chi connectivity index (χ3n) is 5.33. The minimum absolute atomic E-state index is 0. The molecular formula is C19H30ClN3O3S. The van der Waals surface area contributed by atoms with E-state index in [1.165, 1.54) is 0 Å². The van der Waals surface area contributed by atoms with Crippen LogP contribution in [0.5, 0.6) is 0 Å². The largest absolute Gasteiger partial charge is 0.352 e. The molecule has 2 N–H and O–H groups in total. The van der Waals surface area contributed by atoms with Gasteiger partial charge in [-0.15, -0.1) is 12.4 Å². The van der Waals surface area contributed by atoms with Crippen LogP contribution >= 0.6 is 12.4 Å². The lowest BCUT2D eigenvalue weighted by atomic mass is 10.2. The first-order valence-corrected chi connectivity index (χ1v) is 11.2. The van der Waals surface area contributed by atoms with Gasteiger partial charge in [0, 0.05) is 38.3 Å². The molecule has 0 spiro atoms. The van der Waals surface area contributed by atoms with Gasteiger partial charge < -0.3 is 15.5 Å². The van der Waals surface area contributed by atoms with Gasteiger partial charge in [0.2, 0.25) is 0 Å². The topological polar surface area (TPSA) is 78.5 Å². The Morgan fingerprint density at radius 1 is 1.11 bits per heavy atom. The average molecular weight is 416 g/mol. The monoisotopic (exact) mass is 415 g/mol. The lowest BCUT2D eigenvalue weighted by molar-refractivity contribution is 0.0951. The van der Waals surface area contributed by atoms with Gasteiger partial charge in [-0.2, -0.15) is 0 Å². The standard InChI is InChI=1S/C19H29N3O3S.ClH/c23-19(21-10-3-13-22-14-11-20-12-15-22)16-6-8-18(9-7-16)26(24,25)17-4-1-2-5-17;/h6-9,17,20H,1-5,10-15H2,(H,21,23);1H. The number of hydrogen-bond acceptors (Lipinski definition) is 5. The summed E-state index contributed by atoms with van der Waals surface area (Å²) in [6, 6.07) is 6.38. The number of sulfone groups is 1. The molecule has 0 radical (unpaired) electrons. The number of carbonyl (C=O) groups is 1. The first kappa shape index (κ1) is 22.1. The van der Waals surface area contributed by atoms with Crippen LogP contribution < -0.4 is 10.6 Å². The summed E-state index contributed by atoms with van der Waals surface area (Å²) in [6.45, 7) is 5.80. The molecule has 1 saturated heterocycles. The Hall–Kier alpha value is -1.15. The smallest absolute Gasteiger partial charge is 0.251 e. The first-order valence-electron chi connectivity index (χ1n) is 9.62. The fourth-order valence-electron chi connectivity index (χ4n) is 3.73. The highest BCUT2D eigenvalue weighted by Crippen LogP contribution is 2.29. The molecule has 152 valence electrons. The van der Waals surface area contributed by atoms with E-state index in [1.54, 1.807) is 24.3 Å². The zero-order valence-corrected chi connectivity index (χ0v) is 17.3.